The molecule has 0 amide bonds. The van der Waals surface area contributed by atoms with Gasteiger partial charge in [0.05, 0.1) is 24.7 Å². The van der Waals surface area contributed by atoms with Gasteiger partial charge in [-0.15, -0.1) is 0 Å². The fourth-order valence-electron chi connectivity index (χ4n) is 1.39. The lowest BCUT2D eigenvalue weighted by Crippen LogP contribution is -2.15. The second-order valence-corrected chi connectivity index (χ2v) is 5.26. The number of nitrogen functional groups attached to an aromatic ring is 1. The summed E-state index contributed by atoms with van der Waals surface area (Å²) in [7, 11) is -2.31. The van der Waals surface area contributed by atoms with Crippen molar-refractivity contribution in [3.8, 4) is 5.88 Å². The Morgan fingerprint density at radius 3 is 2.63 bits per heavy atom. The normalized spacial score (nSPS) is 11.0. The zero-order valence-corrected chi connectivity index (χ0v) is 10.9. The highest BCUT2D eigenvalue weighted by atomic mass is 32.2. The summed E-state index contributed by atoms with van der Waals surface area (Å²) in [6.07, 6.45) is 3.96. The molecule has 0 aliphatic carbocycles. The predicted octanol–water partition coefficient (Wildman–Crippen LogP) is 0.868. The van der Waals surface area contributed by atoms with Crippen molar-refractivity contribution in [2.24, 2.45) is 0 Å². The van der Waals surface area contributed by atoms with Gasteiger partial charge in [0, 0.05) is 18.5 Å². The van der Waals surface area contributed by atoms with Gasteiger partial charge in [0.15, 0.2) is 0 Å². The summed E-state index contributed by atoms with van der Waals surface area (Å²) < 4.78 is 31.4. The van der Waals surface area contributed by atoms with Crippen LogP contribution in [-0.2, 0) is 10.0 Å². The molecule has 0 spiro atoms. The average Bonchev–Trinajstić information content (AvgIpc) is 2.39. The molecule has 0 aliphatic rings. The van der Waals surface area contributed by atoms with E-state index in [1.807, 2.05) is 0 Å². The molecule has 3 N–H and O–H groups in total. The first-order valence-electron chi connectivity index (χ1n) is 5.25. The molecule has 2 rings (SSSR count). The van der Waals surface area contributed by atoms with Crippen LogP contribution in [-0.4, -0.2) is 25.5 Å². The SMILES string of the molecule is COc1ccc(NS(=O)(=O)c2cnccc2N)cn1. The standard InChI is InChI=1S/C11H12N4O3S/c1-18-11-3-2-8(6-14-11)15-19(16,17)10-7-13-5-4-9(10)12/h2-7,15H,1H3,(H2,12,13). The number of rotatable bonds is 4. The van der Waals surface area contributed by atoms with Crippen LogP contribution in [0.1, 0.15) is 0 Å². The van der Waals surface area contributed by atoms with Crippen LogP contribution in [0.15, 0.2) is 41.7 Å². The van der Waals surface area contributed by atoms with Gasteiger partial charge in [-0.2, -0.15) is 0 Å². The van der Waals surface area contributed by atoms with E-state index >= 15 is 0 Å². The molecular weight excluding hydrogens is 268 g/mol. The highest BCUT2D eigenvalue weighted by molar-refractivity contribution is 7.92. The highest BCUT2D eigenvalue weighted by Gasteiger charge is 2.17. The number of hydrogen-bond donors (Lipinski definition) is 2. The van der Waals surface area contributed by atoms with Gasteiger partial charge in [0.25, 0.3) is 10.0 Å². The number of sulfonamides is 1. The lowest BCUT2D eigenvalue weighted by molar-refractivity contribution is 0.398. The number of aromatic nitrogens is 2. The molecule has 0 fully saturated rings. The monoisotopic (exact) mass is 280 g/mol. The first-order valence-corrected chi connectivity index (χ1v) is 6.73. The van der Waals surface area contributed by atoms with E-state index in [-0.39, 0.29) is 10.6 Å². The van der Waals surface area contributed by atoms with Gasteiger partial charge >= 0.3 is 0 Å². The molecule has 0 aliphatic heterocycles. The Balaban J connectivity index is 2.28. The van der Waals surface area contributed by atoms with Gasteiger partial charge in [0.1, 0.15) is 4.90 Å². The summed E-state index contributed by atoms with van der Waals surface area (Å²) in [5.74, 6) is 0.392. The van der Waals surface area contributed by atoms with Gasteiger partial charge in [-0.3, -0.25) is 9.71 Å². The van der Waals surface area contributed by atoms with E-state index in [0.717, 1.165) is 0 Å². The quantitative estimate of drug-likeness (QED) is 0.860. The Morgan fingerprint density at radius 2 is 2.05 bits per heavy atom. The number of ether oxygens (including phenoxy) is 1. The molecule has 19 heavy (non-hydrogen) atoms. The molecule has 2 heterocycles. The summed E-state index contributed by atoms with van der Waals surface area (Å²) in [4.78, 5) is 7.57. The van der Waals surface area contributed by atoms with Crippen LogP contribution >= 0.6 is 0 Å². The van der Waals surface area contributed by atoms with Crippen LogP contribution in [0.4, 0.5) is 11.4 Å². The van der Waals surface area contributed by atoms with Crippen LogP contribution in [0.25, 0.3) is 0 Å². The minimum Gasteiger partial charge on any atom is -0.481 e. The van der Waals surface area contributed by atoms with E-state index in [9.17, 15) is 8.42 Å². The average molecular weight is 280 g/mol. The number of nitrogens with two attached hydrogens (primary N) is 1. The maximum absolute atomic E-state index is 12.1. The van der Waals surface area contributed by atoms with Crippen molar-refractivity contribution in [3.05, 3.63) is 36.8 Å². The molecule has 0 atom stereocenters. The number of nitrogens with zero attached hydrogens (tertiary/aromatic N) is 2. The minimum atomic E-state index is -3.78. The third kappa shape index (κ3) is 2.91. The van der Waals surface area contributed by atoms with E-state index in [2.05, 4.69) is 14.7 Å². The van der Waals surface area contributed by atoms with Crippen molar-refractivity contribution >= 4 is 21.4 Å². The van der Waals surface area contributed by atoms with Gasteiger partial charge in [0.2, 0.25) is 5.88 Å². The van der Waals surface area contributed by atoms with Crippen molar-refractivity contribution in [2.45, 2.75) is 4.90 Å². The Kier molecular flexibility index (Phi) is 3.52. The van der Waals surface area contributed by atoms with E-state index in [4.69, 9.17) is 10.5 Å². The molecule has 0 saturated heterocycles. The molecule has 7 nitrogen and oxygen atoms in total. The first kappa shape index (κ1) is 13.1. The third-order valence-electron chi connectivity index (χ3n) is 2.30. The molecule has 100 valence electrons. The summed E-state index contributed by atoms with van der Waals surface area (Å²) in [5, 5.41) is 0. The van der Waals surface area contributed by atoms with E-state index in [1.165, 1.54) is 37.8 Å². The molecule has 0 saturated carbocycles. The third-order valence-corrected chi connectivity index (χ3v) is 3.73. The smallest absolute Gasteiger partial charge is 0.265 e. The predicted molar refractivity (Wildman–Crippen MR) is 70.2 cm³/mol. The maximum Gasteiger partial charge on any atom is 0.265 e. The topological polar surface area (TPSA) is 107 Å². The Labute approximate surface area is 110 Å². The van der Waals surface area contributed by atoms with Crippen LogP contribution in [0.5, 0.6) is 5.88 Å². The Bertz CT molecular complexity index is 671. The van der Waals surface area contributed by atoms with E-state index in [1.54, 1.807) is 6.07 Å². The second-order valence-electron chi connectivity index (χ2n) is 3.61. The van der Waals surface area contributed by atoms with Gasteiger partial charge in [-0.25, -0.2) is 13.4 Å². The lowest BCUT2D eigenvalue weighted by atomic mass is 10.4. The Hall–Kier alpha value is -2.35. The zero-order chi connectivity index (χ0) is 13.9. The van der Waals surface area contributed by atoms with Crippen LogP contribution in [0.3, 0.4) is 0 Å². The lowest BCUT2D eigenvalue weighted by Gasteiger charge is -2.09. The molecule has 8 heteroatoms. The number of anilines is 2. The number of hydrogen-bond acceptors (Lipinski definition) is 6. The van der Waals surface area contributed by atoms with Crippen molar-refractivity contribution in [2.75, 3.05) is 17.6 Å². The molecule has 0 aromatic carbocycles. The van der Waals surface area contributed by atoms with Crippen molar-refractivity contribution in [1.29, 1.82) is 0 Å². The maximum atomic E-state index is 12.1. The molecule has 0 unspecified atom stereocenters. The molecular formula is C11H12N4O3S. The number of nitrogens with one attached hydrogen (secondary N) is 1. The zero-order valence-electron chi connectivity index (χ0n) is 10.1. The second kappa shape index (κ2) is 5.11. The highest BCUT2D eigenvalue weighted by Crippen LogP contribution is 2.20. The van der Waals surface area contributed by atoms with Crippen molar-refractivity contribution in [3.63, 3.8) is 0 Å². The molecule has 2 aromatic rings. The molecule has 2 aromatic heterocycles. The summed E-state index contributed by atoms with van der Waals surface area (Å²) in [6, 6.07) is 4.50. The summed E-state index contributed by atoms with van der Waals surface area (Å²) >= 11 is 0. The van der Waals surface area contributed by atoms with Gasteiger partial charge in [-0.1, -0.05) is 0 Å². The largest absolute Gasteiger partial charge is 0.481 e. The van der Waals surface area contributed by atoms with Crippen molar-refractivity contribution < 1.29 is 13.2 Å². The summed E-state index contributed by atoms with van der Waals surface area (Å²) in [6.45, 7) is 0. The molecule has 0 bridgehead atoms. The minimum absolute atomic E-state index is 0.0779. The number of methoxy groups -OCH3 is 1. The van der Waals surface area contributed by atoms with E-state index < -0.39 is 10.0 Å². The van der Waals surface area contributed by atoms with Crippen LogP contribution in [0, 0.1) is 0 Å². The fraction of sp³-hybridized carbons (Fsp3) is 0.0909. The van der Waals surface area contributed by atoms with Gasteiger partial charge in [-0.05, 0) is 12.1 Å². The van der Waals surface area contributed by atoms with Crippen LogP contribution < -0.4 is 15.2 Å². The van der Waals surface area contributed by atoms with Crippen molar-refractivity contribution in [1.82, 2.24) is 9.97 Å². The first-order chi connectivity index (χ1) is 9.03. The van der Waals surface area contributed by atoms with E-state index in [0.29, 0.717) is 11.6 Å². The summed E-state index contributed by atoms with van der Waals surface area (Å²) in [5.41, 5.74) is 6.05. The fourth-order valence-corrected chi connectivity index (χ4v) is 2.51. The van der Waals surface area contributed by atoms with Gasteiger partial charge < -0.3 is 10.5 Å². The van der Waals surface area contributed by atoms with Crippen LogP contribution in [0.2, 0.25) is 0 Å². The molecule has 0 radical (unpaired) electrons. The number of pyridine rings is 2. The Morgan fingerprint density at radius 1 is 1.26 bits per heavy atom.